The number of pyridine rings is 2. The molecule has 0 saturated carbocycles. The molecule has 148 valence electrons. The molecule has 0 amide bonds. The molecule has 3 aromatic heterocycles. The topological polar surface area (TPSA) is 38.7 Å². The van der Waals surface area contributed by atoms with Crippen LogP contribution >= 0.6 is 23.1 Å². The van der Waals surface area contributed by atoms with E-state index in [2.05, 4.69) is 15.0 Å². The number of alkyl halides is 3. The van der Waals surface area contributed by atoms with Crippen molar-refractivity contribution in [1.29, 1.82) is 0 Å². The zero-order valence-electron chi connectivity index (χ0n) is 15.6. The smallest absolute Gasteiger partial charge is 0.264 e. The van der Waals surface area contributed by atoms with Gasteiger partial charge in [0.25, 0.3) is 0 Å². The first kappa shape index (κ1) is 19.8. The van der Waals surface area contributed by atoms with E-state index in [-0.39, 0.29) is 0 Å². The fourth-order valence-electron chi connectivity index (χ4n) is 3.04. The molecule has 29 heavy (non-hydrogen) atoms. The highest BCUT2D eigenvalue weighted by molar-refractivity contribution is 7.99. The molecule has 0 saturated heterocycles. The number of thiazole rings is 1. The number of benzene rings is 1. The summed E-state index contributed by atoms with van der Waals surface area (Å²) in [7, 11) is 0. The van der Waals surface area contributed by atoms with Gasteiger partial charge in [-0.1, -0.05) is 6.07 Å². The zero-order chi connectivity index (χ0) is 20.6. The van der Waals surface area contributed by atoms with Crippen LogP contribution in [0, 0.1) is 13.8 Å². The van der Waals surface area contributed by atoms with Crippen LogP contribution < -0.4 is 0 Å². The third-order valence-electron chi connectivity index (χ3n) is 4.38. The Morgan fingerprint density at radius 1 is 1.03 bits per heavy atom. The minimum atomic E-state index is -4.20. The van der Waals surface area contributed by atoms with Gasteiger partial charge in [0, 0.05) is 34.6 Å². The Balaban J connectivity index is 1.72. The molecule has 0 unspecified atom stereocenters. The van der Waals surface area contributed by atoms with E-state index >= 15 is 0 Å². The molecule has 4 aromatic rings. The molecule has 0 aliphatic carbocycles. The number of rotatable bonds is 4. The molecule has 8 heteroatoms. The Morgan fingerprint density at radius 2 is 1.86 bits per heavy atom. The van der Waals surface area contributed by atoms with Crippen molar-refractivity contribution in [3.8, 4) is 21.7 Å². The summed E-state index contributed by atoms with van der Waals surface area (Å²) in [6, 6.07) is 9.55. The lowest BCUT2D eigenvalue weighted by Crippen LogP contribution is -2.10. The van der Waals surface area contributed by atoms with Crippen molar-refractivity contribution in [1.82, 2.24) is 15.0 Å². The van der Waals surface area contributed by atoms with Gasteiger partial charge in [0.2, 0.25) is 0 Å². The van der Waals surface area contributed by atoms with Crippen molar-refractivity contribution in [3.05, 3.63) is 60.0 Å². The highest BCUT2D eigenvalue weighted by Crippen LogP contribution is 2.36. The molecule has 0 atom stereocenters. The highest BCUT2D eigenvalue weighted by Gasteiger charge is 2.27. The molecular formula is C21H16F3N3S2. The van der Waals surface area contributed by atoms with Gasteiger partial charge < -0.3 is 0 Å². The Bertz CT molecular complexity index is 1170. The average molecular weight is 432 g/mol. The van der Waals surface area contributed by atoms with Crippen molar-refractivity contribution in [2.45, 2.75) is 24.9 Å². The molecule has 0 fully saturated rings. The van der Waals surface area contributed by atoms with Crippen LogP contribution in [0.4, 0.5) is 13.2 Å². The molecule has 0 spiro atoms. The Kier molecular flexibility index (Phi) is 5.31. The number of halogens is 3. The number of hydrogen-bond acceptors (Lipinski definition) is 5. The summed E-state index contributed by atoms with van der Waals surface area (Å²) in [6.45, 7) is 3.79. The van der Waals surface area contributed by atoms with Crippen LogP contribution in [0.25, 0.3) is 32.0 Å². The van der Waals surface area contributed by atoms with Crippen LogP contribution in [0.5, 0.6) is 0 Å². The van der Waals surface area contributed by atoms with Crippen LogP contribution in [0.1, 0.15) is 11.1 Å². The standard InChI is InChI=1S/C21H16F3N3S2/c1-12-6-13(2)17(28-11-21(22,23)24)8-16(12)15-7-18-19(26-10-15)27-20(29-18)14-4-3-5-25-9-14/h3-10H,11H2,1-2H3. The van der Waals surface area contributed by atoms with E-state index < -0.39 is 11.9 Å². The summed E-state index contributed by atoms with van der Waals surface area (Å²) in [4.78, 5) is 13.8. The minimum Gasteiger partial charge on any atom is -0.264 e. The van der Waals surface area contributed by atoms with Crippen molar-refractivity contribution in [2.75, 3.05) is 5.75 Å². The van der Waals surface area contributed by atoms with E-state index in [0.29, 0.717) is 10.5 Å². The zero-order valence-corrected chi connectivity index (χ0v) is 17.3. The van der Waals surface area contributed by atoms with Gasteiger partial charge in [0.1, 0.15) is 5.01 Å². The Hall–Kier alpha value is -2.45. The molecule has 4 rings (SSSR count). The molecule has 3 nitrogen and oxygen atoms in total. The highest BCUT2D eigenvalue weighted by atomic mass is 32.2. The quantitative estimate of drug-likeness (QED) is 0.337. The predicted octanol–water partition coefficient (Wildman–Crippen LogP) is 6.69. The summed E-state index contributed by atoms with van der Waals surface area (Å²) in [5.74, 6) is -0.906. The maximum absolute atomic E-state index is 12.7. The Labute approximate surface area is 174 Å². The maximum atomic E-state index is 12.7. The monoisotopic (exact) mass is 431 g/mol. The molecule has 0 N–H and O–H groups in total. The van der Waals surface area contributed by atoms with Crippen LogP contribution in [0.3, 0.4) is 0 Å². The molecule has 3 heterocycles. The second kappa shape index (κ2) is 7.76. The molecule has 0 radical (unpaired) electrons. The van der Waals surface area contributed by atoms with Gasteiger partial charge in [-0.05, 0) is 54.8 Å². The second-order valence-electron chi connectivity index (χ2n) is 6.64. The van der Waals surface area contributed by atoms with Gasteiger partial charge in [-0.25, -0.2) is 9.97 Å². The summed E-state index contributed by atoms with van der Waals surface area (Å²) < 4.78 is 38.9. The number of thioether (sulfide) groups is 1. The lowest BCUT2D eigenvalue weighted by Gasteiger charge is -2.13. The lowest BCUT2D eigenvalue weighted by molar-refractivity contribution is -0.105. The summed E-state index contributed by atoms with van der Waals surface area (Å²) >= 11 is 2.33. The van der Waals surface area contributed by atoms with E-state index in [0.717, 1.165) is 49.3 Å². The van der Waals surface area contributed by atoms with Crippen LogP contribution in [-0.2, 0) is 0 Å². The Morgan fingerprint density at radius 3 is 2.59 bits per heavy atom. The number of hydrogen-bond donors (Lipinski definition) is 0. The first-order valence-corrected chi connectivity index (χ1v) is 10.6. The second-order valence-corrected chi connectivity index (χ2v) is 8.69. The van der Waals surface area contributed by atoms with Crippen molar-refractivity contribution in [2.24, 2.45) is 0 Å². The first-order valence-electron chi connectivity index (χ1n) is 8.78. The largest absolute Gasteiger partial charge is 0.398 e. The third kappa shape index (κ3) is 4.43. The molecular weight excluding hydrogens is 415 g/mol. The summed E-state index contributed by atoms with van der Waals surface area (Å²) in [5, 5.41) is 0.833. The van der Waals surface area contributed by atoms with Gasteiger partial charge >= 0.3 is 6.18 Å². The molecule has 0 aliphatic heterocycles. The van der Waals surface area contributed by atoms with Crippen LogP contribution in [0.15, 0.2) is 53.8 Å². The van der Waals surface area contributed by atoms with E-state index in [9.17, 15) is 13.2 Å². The average Bonchev–Trinajstić information content (AvgIpc) is 3.10. The molecule has 0 aliphatic rings. The van der Waals surface area contributed by atoms with Gasteiger partial charge in [-0.2, -0.15) is 13.2 Å². The maximum Gasteiger partial charge on any atom is 0.398 e. The molecule has 1 aromatic carbocycles. The van der Waals surface area contributed by atoms with E-state index in [4.69, 9.17) is 0 Å². The fraction of sp³-hybridized carbons (Fsp3) is 0.190. The normalized spacial score (nSPS) is 11.9. The van der Waals surface area contributed by atoms with E-state index in [1.807, 2.05) is 44.2 Å². The van der Waals surface area contributed by atoms with Gasteiger partial charge in [-0.3, -0.25) is 4.98 Å². The van der Waals surface area contributed by atoms with Crippen LogP contribution in [0.2, 0.25) is 0 Å². The minimum absolute atomic E-state index is 0.628. The lowest BCUT2D eigenvalue weighted by atomic mass is 10.00. The fourth-order valence-corrected chi connectivity index (χ4v) is 4.80. The van der Waals surface area contributed by atoms with Crippen molar-refractivity contribution >= 4 is 33.4 Å². The number of aryl methyl sites for hydroxylation is 2. The van der Waals surface area contributed by atoms with E-state index in [1.54, 1.807) is 18.6 Å². The summed E-state index contributed by atoms with van der Waals surface area (Å²) in [6.07, 6.45) is 0.994. The first-order chi connectivity index (χ1) is 13.8. The predicted molar refractivity (Wildman–Crippen MR) is 112 cm³/mol. The number of fused-ring (bicyclic) bond motifs is 1. The van der Waals surface area contributed by atoms with Gasteiger partial charge in [-0.15, -0.1) is 23.1 Å². The van der Waals surface area contributed by atoms with E-state index in [1.165, 1.54) is 11.3 Å². The van der Waals surface area contributed by atoms with Crippen molar-refractivity contribution < 1.29 is 13.2 Å². The van der Waals surface area contributed by atoms with Crippen molar-refractivity contribution in [3.63, 3.8) is 0 Å². The third-order valence-corrected chi connectivity index (χ3v) is 6.64. The number of nitrogens with zero attached hydrogens (tertiary/aromatic N) is 3. The summed E-state index contributed by atoms with van der Waals surface area (Å²) in [5.41, 5.74) is 5.16. The van der Waals surface area contributed by atoms with Crippen LogP contribution in [-0.4, -0.2) is 26.9 Å². The SMILES string of the molecule is Cc1cc(C)c(-c2cnc3nc(-c4cccnc4)sc3c2)cc1SCC(F)(F)F. The number of aromatic nitrogens is 3. The van der Waals surface area contributed by atoms with Gasteiger partial charge in [0.05, 0.1) is 10.5 Å². The molecule has 0 bridgehead atoms. The van der Waals surface area contributed by atoms with Gasteiger partial charge in [0.15, 0.2) is 5.65 Å².